The lowest BCUT2D eigenvalue weighted by molar-refractivity contribution is -0.122. The van der Waals surface area contributed by atoms with Gasteiger partial charge in [0.2, 0.25) is 0 Å². The molecule has 1 N–H and O–H groups in total. The second-order valence-electron chi connectivity index (χ2n) is 9.13. The van der Waals surface area contributed by atoms with Gasteiger partial charge in [-0.3, -0.25) is 14.9 Å². The molecule has 2 aromatic rings. The van der Waals surface area contributed by atoms with Crippen molar-refractivity contribution in [3.05, 3.63) is 64.7 Å². The molecule has 7 heteroatoms. The van der Waals surface area contributed by atoms with Gasteiger partial charge in [0.15, 0.2) is 0 Å². The van der Waals surface area contributed by atoms with E-state index in [1.807, 2.05) is 26.0 Å². The molecule has 1 fully saturated rings. The first-order chi connectivity index (χ1) is 16.1. The number of fused-ring (bicyclic) bond motifs is 1. The molecule has 0 saturated carbocycles. The Morgan fingerprint density at radius 1 is 1.06 bits per heavy atom. The number of anilines is 2. The molecule has 176 valence electrons. The summed E-state index contributed by atoms with van der Waals surface area (Å²) in [6.07, 6.45) is 3.70. The lowest BCUT2D eigenvalue weighted by Crippen LogP contribution is -2.54. The van der Waals surface area contributed by atoms with Gasteiger partial charge >= 0.3 is 6.03 Å². The molecule has 34 heavy (non-hydrogen) atoms. The number of nitrogens with zero attached hydrogens (tertiary/aromatic N) is 2. The zero-order chi connectivity index (χ0) is 24.8. The lowest BCUT2D eigenvalue weighted by Gasteiger charge is -2.43. The topological polar surface area (TPSA) is 79.0 Å². The molecular formula is C27H29N3O4. The highest BCUT2D eigenvalue weighted by Gasteiger charge is 2.37. The van der Waals surface area contributed by atoms with Crippen LogP contribution >= 0.6 is 0 Å². The molecular weight excluding hydrogens is 430 g/mol. The normalized spacial score (nSPS) is 18.6. The highest BCUT2D eigenvalue weighted by atomic mass is 16.5. The van der Waals surface area contributed by atoms with Crippen molar-refractivity contribution in [2.75, 3.05) is 23.5 Å². The van der Waals surface area contributed by atoms with Crippen molar-refractivity contribution >= 4 is 40.9 Å². The number of urea groups is 1. The standard InChI is InChI=1S/C27H29N3O4/c1-7-29-22-14-23(34-6)18(12-20(22)17(3)15-27(29,4)5)13-21-24(31)28-26(33)30(25(21)32)19-10-8-16(2)9-11-19/h8-15H,7H2,1-6H3,(H,28,31,33)/b21-13-. The Balaban J connectivity index is 1.82. The predicted octanol–water partition coefficient (Wildman–Crippen LogP) is 4.69. The fourth-order valence-corrected chi connectivity index (χ4v) is 4.73. The Kier molecular flexibility index (Phi) is 5.81. The van der Waals surface area contributed by atoms with Crippen LogP contribution in [0, 0.1) is 6.92 Å². The van der Waals surface area contributed by atoms with E-state index in [2.05, 4.69) is 37.1 Å². The molecule has 0 unspecified atom stereocenters. The Bertz CT molecular complexity index is 1260. The van der Waals surface area contributed by atoms with E-state index in [1.165, 1.54) is 6.08 Å². The van der Waals surface area contributed by atoms with Crippen LogP contribution in [0.4, 0.5) is 16.2 Å². The first-order valence-electron chi connectivity index (χ1n) is 11.2. The van der Waals surface area contributed by atoms with Crippen molar-refractivity contribution in [3.63, 3.8) is 0 Å². The number of barbiturate groups is 1. The molecule has 0 aliphatic carbocycles. The minimum Gasteiger partial charge on any atom is -0.496 e. The third-order valence-corrected chi connectivity index (χ3v) is 6.34. The van der Waals surface area contributed by atoms with Crippen molar-refractivity contribution in [2.45, 2.75) is 40.2 Å². The third kappa shape index (κ3) is 3.87. The Morgan fingerprint density at radius 2 is 1.74 bits per heavy atom. The van der Waals surface area contributed by atoms with Gasteiger partial charge < -0.3 is 9.64 Å². The SMILES string of the molecule is CCN1c2cc(OC)c(/C=C3/C(=O)NC(=O)N(c4ccc(C)cc4)C3=O)cc2C(C)=CC1(C)C. The van der Waals surface area contributed by atoms with E-state index in [4.69, 9.17) is 4.74 Å². The number of rotatable bonds is 4. The maximum Gasteiger partial charge on any atom is 0.335 e. The number of likely N-dealkylation sites (N-methyl/N-ethyl adjacent to an activating group) is 1. The lowest BCUT2D eigenvalue weighted by atomic mass is 9.87. The molecule has 0 radical (unpaired) electrons. The Morgan fingerprint density at radius 3 is 2.35 bits per heavy atom. The van der Waals surface area contributed by atoms with Gasteiger partial charge in [-0.05, 0) is 64.5 Å². The molecule has 0 bridgehead atoms. The second-order valence-corrected chi connectivity index (χ2v) is 9.13. The van der Waals surface area contributed by atoms with Crippen molar-refractivity contribution in [1.82, 2.24) is 5.32 Å². The zero-order valence-electron chi connectivity index (χ0n) is 20.4. The summed E-state index contributed by atoms with van der Waals surface area (Å²) in [6, 6.07) is 10.1. The van der Waals surface area contributed by atoms with E-state index in [0.29, 0.717) is 17.0 Å². The minimum atomic E-state index is -0.770. The number of imide groups is 2. The van der Waals surface area contributed by atoms with E-state index in [1.54, 1.807) is 31.4 Å². The minimum absolute atomic E-state index is 0.136. The van der Waals surface area contributed by atoms with Crippen LogP contribution in [0.3, 0.4) is 0 Å². The van der Waals surface area contributed by atoms with Gasteiger partial charge in [0.25, 0.3) is 11.8 Å². The number of carbonyl (C=O) groups is 3. The molecule has 4 amide bonds. The highest BCUT2D eigenvalue weighted by Crippen LogP contribution is 2.42. The van der Waals surface area contributed by atoms with Crippen LogP contribution in [-0.4, -0.2) is 37.0 Å². The van der Waals surface area contributed by atoms with Gasteiger partial charge in [0.1, 0.15) is 11.3 Å². The van der Waals surface area contributed by atoms with Gasteiger partial charge in [0, 0.05) is 29.4 Å². The smallest absolute Gasteiger partial charge is 0.335 e. The molecule has 2 aliphatic rings. The largest absolute Gasteiger partial charge is 0.496 e. The zero-order valence-corrected chi connectivity index (χ0v) is 20.4. The summed E-state index contributed by atoms with van der Waals surface area (Å²) in [6.45, 7) is 11.2. The number of methoxy groups -OCH3 is 1. The fraction of sp³-hybridized carbons (Fsp3) is 0.296. The average Bonchev–Trinajstić information content (AvgIpc) is 2.77. The number of hydrogen-bond acceptors (Lipinski definition) is 5. The molecule has 7 nitrogen and oxygen atoms in total. The van der Waals surface area contributed by atoms with E-state index >= 15 is 0 Å². The molecule has 4 rings (SSSR count). The number of aryl methyl sites for hydroxylation is 1. The second kappa shape index (κ2) is 8.48. The number of hydrogen-bond donors (Lipinski definition) is 1. The van der Waals surface area contributed by atoms with Crippen LogP contribution in [0.25, 0.3) is 11.6 Å². The van der Waals surface area contributed by atoms with Gasteiger partial charge in [-0.25, -0.2) is 9.69 Å². The molecule has 0 aromatic heterocycles. The molecule has 0 spiro atoms. The van der Waals surface area contributed by atoms with Crippen LogP contribution in [0.15, 0.2) is 48.0 Å². The first-order valence-corrected chi connectivity index (χ1v) is 11.2. The van der Waals surface area contributed by atoms with Crippen LogP contribution < -0.4 is 19.9 Å². The van der Waals surface area contributed by atoms with Gasteiger partial charge in [0.05, 0.1) is 18.3 Å². The third-order valence-electron chi connectivity index (χ3n) is 6.34. The Hall–Kier alpha value is -3.87. The summed E-state index contributed by atoms with van der Waals surface area (Å²) in [5, 5.41) is 2.28. The maximum atomic E-state index is 13.3. The number of ether oxygens (including phenoxy) is 1. The molecule has 2 aliphatic heterocycles. The van der Waals surface area contributed by atoms with Crippen molar-refractivity contribution in [2.24, 2.45) is 0 Å². The number of nitrogens with one attached hydrogen (secondary N) is 1. The highest BCUT2D eigenvalue weighted by molar-refractivity contribution is 6.39. The van der Waals surface area contributed by atoms with E-state index < -0.39 is 17.8 Å². The van der Waals surface area contributed by atoms with Crippen LogP contribution in [0.2, 0.25) is 0 Å². The Labute approximate surface area is 199 Å². The van der Waals surface area contributed by atoms with Gasteiger partial charge in [-0.2, -0.15) is 0 Å². The summed E-state index contributed by atoms with van der Waals surface area (Å²) in [5.74, 6) is -0.878. The van der Waals surface area contributed by atoms with Crippen molar-refractivity contribution in [1.29, 1.82) is 0 Å². The van der Waals surface area contributed by atoms with Crippen molar-refractivity contribution < 1.29 is 19.1 Å². The summed E-state index contributed by atoms with van der Waals surface area (Å²) in [4.78, 5) is 41.7. The fourth-order valence-electron chi connectivity index (χ4n) is 4.73. The first kappa shape index (κ1) is 23.3. The predicted molar refractivity (Wildman–Crippen MR) is 134 cm³/mol. The summed E-state index contributed by atoms with van der Waals surface area (Å²) in [7, 11) is 1.56. The number of amides is 4. The van der Waals surface area contributed by atoms with Crippen LogP contribution in [0.1, 0.15) is 44.4 Å². The van der Waals surface area contributed by atoms with E-state index in [0.717, 1.165) is 33.8 Å². The number of benzene rings is 2. The summed E-state index contributed by atoms with van der Waals surface area (Å²) in [5.41, 5.74) is 4.81. The molecule has 1 saturated heterocycles. The number of carbonyl (C=O) groups excluding carboxylic acids is 3. The van der Waals surface area contributed by atoms with Gasteiger partial charge in [-0.1, -0.05) is 23.8 Å². The summed E-state index contributed by atoms with van der Waals surface area (Å²) < 4.78 is 5.65. The van der Waals surface area contributed by atoms with Crippen LogP contribution in [0.5, 0.6) is 5.75 Å². The van der Waals surface area contributed by atoms with Gasteiger partial charge in [-0.15, -0.1) is 0 Å². The quantitative estimate of drug-likeness (QED) is 0.530. The van der Waals surface area contributed by atoms with Crippen LogP contribution in [-0.2, 0) is 9.59 Å². The summed E-state index contributed by atoms with van der Waals surface area (Å²) >= 11 is 0. The van der Waals surface area contributed by atoms with Crippen molar-refractivity contribution in [3.8, 4) is 5.75 Å². The molecule has 2 aromatic carbocycles. The average molecular weight is 460 g/mol. The monoisotopic (exact) mass is 459 g/mol. The van der Waals surface area contributed by atoms with E-state index in [-0.39, 0.29) is 11.1 Å². The molecule has 0 atom stereocenters. The molecule has 2 heterocycles. The van der Waals surface area contributed by atoms with E-state index in [9.17, 15) is 14.4 Å². The maximum absolute atomic E-state index is 13.3. The number of allylic oxidation sites excluding steroid dienone is 1.